The number of unbranched alkanes of at least 4 members (excludes halogenated alkanes) is 44. The predicted molar refractivity (Wildman–Crippen MR) is 298 cm³/mol. The Kier molecular flexibility index (Phi) is 55.7. The molecule has 0 heterocycles. The lowest BCUT2D eigenvalue weighted by atomic mass is 10.00. The van der Waals surface area contributed by atoms with E-state index in [2.05, 4.69) is 43.5 Å². The molecule has 0 saturated carbocycles. The maximum Gasteiger partial charge on any atom is 0.249 e. The molecule has 6 nitrogen and oxygen atoms in total. The number of hydrogen-bond donors (Lipinski definition) is 5. The van der Waals surface area contributed by atoms with Gasteiger partial charge >= 0.3 is 0 Å². The van der Waals surface area contributed by atoms with Crippen molar-refractivity contribution in [1.29, 1.82) is 0 Å². The molecule has 404 valence electrons. The van der Waals surface area contributed by atoms with Gasteiger partial charge in [0, 0.05) is 0 Å². The summed E-state index contributed by atoms with van der Waals surface area (Å²) in [6.07, 6.45) is 69.9. The average molecular weight is 961 g/mol. The van der Waals surface area contributed by atoms with Crippen LogP contribution in [0.2, 0.25) is 0 Å². The van der Waals surface area contributed by atoms with Gasteiger partial charge in [-0.25, -0.2) is 0 Å². The molecule has 0 saturated heterocycles. The number of aliphatic hydroxyl groups is 4. The van der Waals surface area contributed by atoms with E-state index >= 15 is 0 Å². The van der Waals surface area contributed by atoms with Crippen LogP contribution in [0.3, 0.4) is 0 Å². The molecule has 0 fully saturated rings. The van der Waals surface area contributed by atoms with Crippen LogP contribution in [0.15, 0.2) is 24.3 Å². The van der Waals surface area contributed by atoms with Crippen molar-refractivity contribution in [2.24, 2.45) is 0 Å². The Morgan fingerprint density at radius 2 is 0.603 bits per heavy atom. The normalized spacial score (nSPS) is 13.8. The molecule has 5 N–H and O–H groups in total. The number of rotatable bonds is 57. The molecule has 0 spiro atoms. The van der Waals surface area contributed by atoms with Gasteiger partial charge in [-0.05, 0) is 64.2 Å². The van der Waals surface area contributed by atoms with E-state index in [1.807, 2.05) is 0 Å². The van der Waals surface area contributed by atoms with Crippen LogP contribution in [-0.2, 0) is 4.79 Å². The topological polar surface area (TPSA) is 110 Å². The summed E-state index contributed by atoms with van der Waals surface area (Å²) in [5, 5.41) is 44.0. The number of allylic oxidation sites excluding steroid dienone is 4. The SMILES string of the molecule is CCCCCCCCCCCC/C=C\CCCCCCCCC(O)C(=O)NC(CO)C(O)C(O)CCC/C=C/CCCCCCCCCCCCCCCCCCCCCCCCCCCCC. The van der Waals surface area contributed by atoms with Crippen molar-refractivity contribution in [1.82, 2.24) is 5.32 Å². The molecule has 0 rings (SSSR count). The van der Waals surface area contributed by atoms with Crippen molar-refractivity contribution in [2.75, 3.05) is 6.61 Å². The molecule has 0 aliphatic rings. The molecular formula is C62H121NO5. The predicted octanol–water partition coefficient (Wildman–Crippen LogP) is 18.2. The summed E-state index contributed by atoms with van der Waals surface area (Å²) in [7, 11) is 0. The fourth-order valence-electron chi connectivity index (χ4n) is 9.82. The van der Waals surface area contributed by atoms with E-state index in [-0.39, 0.29) is 0 Å². The van der Waals surface area contributed by atoms with Gasteiger partial charge in [-0.1, -0.05) is 295 Å². The van der Waals surface area contributed by atoms with Crippen molar-refractivity contribution in [2.45, 2.75) is 359 Å². The highest BCUT2D eigenvalue weighted by molar-refractivity contribution is 5.80. The largest absolute Gasteiger partial charge is 0.394 e. The Labute approximate surface area is 425 Å². The van der Waals surface area contributed by atoms with E-state index in [1.54, 1.807) is 0 Å². The minimum Gasteiger partial charge on any atom is -0.394 e. The van der Waals surface area contributed by atoms with Crippen LogP contribution < -0.4 is 5.32 Å². The Bertz CT molecular complexity index is 1030. The molecule has 4 unspecified atom stereocenters. The van der Waals surface area contributed by atoms with Gasteiger partial charge in [0.1, 0.15) is 12.2 Å². The van der Waals surface area contributed by atoms with Gasteiger partial charge in [0.25, 0.3) is 0 Å². The van der Waals surface area contributed by atoms with E-state index < -0.39 is 36.9 Å². The van der Waals surface area contributed by atoms with E-state index in [0.29, 0.717) is 12.8 Å². The zero-order chi connectivity index (χ0) is 49.5. The lowest BCUT2D eigenvalue weighted by molar-refractivity contribution is -0.132. The van der Waals surface area contributed by atoms with Crippen LogP contribution in [0.5, 0.6) is 0 Å². The third-order valence-electron chi connectivity index (χ3n) is 14.6. The Hall–Kier alpha value is -1.21. The van der Waals surface area contributed by atoms with Crippen molar-refractivity contribution in [3.63, 3.8) is 0 Å². The molecule has 0 aromatic heterocycles. The van der Waals surface area contributed by atoms with Crippen molar-refractivity contribution >= 4 is 5.91 Å². The highest BCUT2D eigenvalue weighted by Gasteiger charge is 2.28. The van der Waals surface area contributed by atoms with Gasteiger partial charge in [0.2, 0.25) is 5.91 Å². The summed E-state index contributed by atoms with van der Waals surface area (Å²) in [4.78, 5) is 12.6. The first-order chi connectivity index (χ1) is 33.5. The quantitative estimate of drug-likeness (QED) is 0.0308. The van der Waals surface area contributed by atoms with Gasteiger partial charge in [0.15, 0.2) is 0 Å². The van der Waals surface area contributed by atoms with Gasteiger partial charge in [-0.2, -0.15) is 0 Å². The number of hydrogen-bond acceptors (Lipinski definition) is 5. The van der Waals surface area contributed by atoms with E-state index in [0.717, 1.165) is 44.9 Å². The molecule has 0 aromatic carbocycles. The first kappa shape index (κ1) is 66.8. The summed E-state index contributed by atoms with van der Waals surface area (Å²) in [6, 6.07) is -1.00. The number of amides is 1. The number of nitrogens with one attached hydrogen (secondary N) is 1. The molecule has 0 aromatic rings. The molecule has 0 aliphatic heterocycles. The van der Waals surface area contributed by atoms with Crippen LogP contribution in [0.1, 0.15) is 335 Å². The zero-order valence-corrected chi connectivity index (χ0v) is 45.9. The molecule has 68 heavy (non-hydrogen) atoms. The average Bonchev–Trinajstić information content (AvgIpc) is 3.34. The van der Waals surface area contributed by atoms with Gasteiger partial charge in [-0.3, -0.25) is 4.79 Å². The van der Waals surface area contributed by atoms with Crippen molar-refractivity contribution in [3.05, 3.63) is 24.3 Å². The first-order valence-electron chi connectivity index (χ1n) is 30.7. The summed E-state index contributed by atoms with van der Waals surface area (Å²) in [5.74, 6) is -0.594. The maximum atomic E-state index is 12.6. The first-order valence-corrected chi connectivity index (χ1v) is 30.7. The van der Waals surface area contributed by atoms with Gasteiger partial charge in [0.05, 0.1) is 18.8 Å². The molecule has 0 bridgehead atoms. The van der Waals surface area contributed by atoms with Crippen LogP contribution in [0, 0.1) is 0 Å². The highest BCUT2D eigenvalue weighted by Crippen LogP contribution is 2.18. The molecular weight excluding hydrogens is 839 g/mol. The summed E-state index contributed by atoms with van der Waals surface area (Å²) >= 11 is 0. The third kappa shape index (κ3) is 49.8. The Balaban J connectivity index is 3.59. The maximum absolute atomic E-state index is 12.6. The van der Waals surface area contributed by atoms with Crippen molar-refractivity contribution < 1.29 is 25.2 Å². The van der Waals surface area contributed by atoms with Gasteiger partial charge < -0.3 is 25.7 Å². The second-order valence-electron chi connectivity index (χ2n) is 21.4. The molecule has 1 amide bonds. The molecule has 0 aliphatic carbocycles. The van der Waals surface area contributed by atoms with Crippen LogP contribution in [0.25, 0.3) is 0 Å². The second kappa shape index (κ2) is 56.7. The monoisotopic (exact) mass is 960 g/mol. The highest BCUT2D eigenvalue weighted by atomic mass is 16.3. The lowest BCUT2D eigenvalue weighted by Crippen LogP contribution is -2.53. The fourth-order valence-corrected chi connectivity index (χ4v) is 9.82. The zero-order valence-electron chi connectivity index (χ0n) is 45.9. The van der Waals surface area contributed by atoms with E-state index in [4.69, 9.17) is 0 Å². The Morgan fingerprint density at radius 3 is 0.882 bits per heavy atom. The molecule has 6 heteroatoms. The smallest absolute Gasteiger partial charge is 0.249 e. The molecule has 0 radical (unpaired) electrons. The van der Waals surface area contributed by atoms with Gasteiger partial charge in [-0.15, -0.1) is 0 Å². The summed E-state index contributed by atoms with van der Waals surface area (Å²) in [6.45, 7) is 4.08. The van der Waals surface area contributed by atoms with Crippen LogP contribution in [-0.4, -0.2) is 57.3 Å². The Morgan fingerprint density at radius 1 is 0.353 bits per heavy atom. The molecule has 4 atom stereocenters. The minimum atomic E-state index is -1.28. The number of carbonyl (C=O) groups excluding carboxylic acids is 1. The number of aliphatic hydroxyl groups excluding tert-OH is 4. The number of carbonyl (C=O) groups is 1. The minimum absolute atomic E-state index is 0.358. The third-order valence-corrected chi connectivity index (χ3v) is 14.6. The summed E-state index contributed by atoms with van der Waals surface area (Å²) < 4.78 is 0. The van der Waals surface area contributed by atoms with Crippen molar-refractivity contribution in [3.8, 4) is 0 Å². The summed E-state index contributed by atoms with van der Waals surface area (Å²) in [5.41, 5.74) is 0. The second-order valence-corrected chi connectivity index (χ2v) is 21.4. The van der Waals surface area contributed by atoms with Crippen LogP contribution >= 0.6 is 0 Å². The standard InChI is InChI=1S/C62H121NO5/c1-3-5-7-9-11-13-15-17-19-21-23-25-26-27-28-29-30-31-32-33-34-35-36-38-39-41-43-45-47-49-51-53-55-59(65)61(67)58(57-64)63-62(68)60(66)56-54-52-50-48-46-44-42-40-37-24-22-20-18-16-14-12-10-8-6-4-2/h37,40,47,49,58-61,64-67H,3-36,38-39,41-46,48,50-57H2,1-2H3,(H,63,68)/b40-37-,49-47+. The fraction of sp³-hybridized carbons (Fsp3) is 0.919. The lowest BCUT2D eigenvalue weighted by Gasteiger charge is -2.27. The van der Waals surface area contributed by atoms with E-state index in [1.165, 1.54) is 263 Å². The van der Waals surface area contributed by atoms with E-state index in [9.17, 15) is 25.2 Å². The van der Waals surface area contributed by atoms with Crippen LogP contribution in [0.4, 0.5) is 0 Å².